The SMILES string of the molecule is CC(=O)c1ccccc1NS(=O)c1ccc(NC(=O)c2ccccn2)cc1. The number of Topliss-reactive ketones (excluding diaryl/α,β-unsaturated/α-hetero) is 1. The largest absolute Gasteiger partial charge is 0.321 e. The van der Waals surface area contributed by atoms with Crippen molar-refractivity contribution in [1.82, 2.24) is 4.98 Å². The normalized spacial score (nSPS) is 11.4. The molecule has 2 aromatic carbocycles. The lowest BCUT2D eigenvalue weighted by Gasteiger charge is -2.10. The van der Waals surface area contributed by atoms with Gasteiger partial charge in [0.25, 0.3) is 5.91 Å². The summed E-state index contributed by atoms with van der Waals surface area (Å²) in [5, 5.41) is 2.73. The highest BCUT2D eigenvalue weighted by atomic mass is 32.2. The van der Waals surface area contributed by atoms with Crippen molar-refractivity contribution < 1.29 is 13.8 Å². The first-order valence-electron chi connectivity index (χ1n) is 8.15. The third kappa shape index (κ3) is 4.65. The van der Waals surface area contributed by atoms with Crippen LogP contribution >= 0.6 is 0 Å². The van der Waals surface area contributed by atoms with Crippen LogP contribution in [0.3, 0.4) is 0 Å². The van der Waals surface area contributed by atoms with E-state index in [2.05, 4.69) is 15.0 Å². The van der Waals surface area contributed by atoms with E-state index in [4.69, 9.17) is 0 Å². The highest BCUT2D eigenvalue weighted by molar-refractivity contribution is 7.86. The summed E-state index contributed by atoms with van der Waals surface area (Å²) in [5.41, 5.74) is 1.86. The van der Waals surface area contributed by atoms with Crippen LogP contribution in [0.4, 0.5) is 11.4 Å². The number of anilines is 2. The standard InChI is InChI=1S/C20H17N3O3S/c1-14(24)17-6-2-3-7-18(17)23-27(26)16-11-9-15(10-12-16)22-20(25)19-8-4-5-13-21-19/h2-13,23H,1H3,(H,22,25). The Bertz CT molecular complexity index is 989. The lowest BCUT2D eigenvalue weighted by Crippen LogP contribution is -2.13. The van der Waals surface area contributed by atoms with Crippen molar-refractivity contribution in [3.63, 3.8) is 0 Å². The molecule has 0 aliphatic carbocycles. The maximum atomic E-state index is 12.5. The van der Waals surface area contributed by atoms with Crippen LogP contribution in [0.5, 0.6) is 0 Å². The van der Waals surface area contributed by atoms with Gasteiger partial charge in [-0.1, -0.05) is 18.2 Å². The quantitative estimate of drug-likeness (QED) is 0.640. The smallest absolute Gasteiger partial charge is 0.274 e. The summed E-state index contributed by atoms with van der Waals surface area (Å²) in [6, 6.07) is 18.6. The molecule has 0 aliphatic rings. The molecule has 0 fully saturated rings. The van der Waals surface area contributed by atoms with Gasteiger partial charge in [0.15, 0.2) is 5.78 Å². The lowest BCUT2D eigenvalue weighted by molar-refractivity contribution is 0.101. The van der Waals surface area contributed by atoms with E-state index in [1.165, 1.54) is 6.92 Å². The van der Waals surface area contributed by atoms with Gasteiger partial charge in [-0.25, -0.2) is 4.21 Å². The summed E-state index contributed by atoms with van der Waals surface area (Å²) in [4.78, 5) is 28.3. The Hall–Kier alpha value is -3.32. The van der Waals surface area contributed by atoms with Crippen molar-refractivity contribution in [1.29, 1.82) is 0 Å². The highest BCUT2D eigenvalue weighted by Crippen LogP contribution is 2.20. The number of nitrogens with one attached hydrogen (secondary N) is 2. The first-order valence-corrected chi connectivity index (χ1v) is 9.30. The van der Waals surface area contributed by atoms with Gasteiger partial charge in [-0.3, -0.25) is 14.6 Å². The Morgan fingerprint density at radius 2 is 1.63 bits per heavy atom. The molecule has 0 radical (unpaired) electrons. The van der Waals surface area contributed by atoms with Crippen molar-refractivity contribution in [2.45, 2.75) is 11.8 Å². The van der Waals surface area contributed by atoms with Gasteiger partial charge in [0.05, 0.1) is 10.6 Å². The molecule has 0 aliphatic heterocycles. The molecule has 136 valence electrons. The predicted octanol–water partition coefficient (Wildman–Crippen LogP) is 3.67. The third-order valence-electron chi connectivity index (χ3n) is 3.73. The number of para-hydroxylation sites is 1. The number of benzene rings is 2. The average molecular weight is 379 g/mol. The fourth-order valence-corrected chi connectivity index (χ4v) is 3.27. The number of pyridine rings is 1. The molecule has 1 amide bonds. The first kappa shape index (κ1) is 18.5. The molecule has 1 unspecified atom stereocenters. The number of rotatable bonds is 6. The van der Waals surface area contributed by atoms with Crippen molar-refractivity contribution in [3.8, 4) is 0 Å². The molecule has 3 aromatic rings. The lowest BCUT2D eigenvalue weighted by atomic mass is 10.1. The molecule has 1 aromatic heterocycles. The molecule has 0 bridgehead atoms. The third-order valence-corrected chi connectivity index (χ3v) is 4.84. The van der Waals surface area contributed by atoms with Gasteiger partial charge < -0.3 is 10.0 Å². The molecular weight excluding hydrogens is 362 g/mol. The Morgan fingerprint density at radius 1 is 0.926 bits per heavy atom. The van der Waals surface area contributed by atoms with E-state index in [9.17, 15) is 13.8 Å². The van der Waals surface area contributed by atoms with Crippen molar-refractivity contribution in [2.24, 2.45) is 0 Å². The van der Waals surface area contributed by atoms with Gasteiger partial charge in [0.1, 0.15) is 16.7 Å². The molecular formula is C20H17N3O3S. The number of amides is 1. The van der Waals surface area contributed by atoms with E-state index in [-0.39, 0.29) is 11.7 Å². The van der Waals surface area contributed by atoms with Crippen LogP contribution in [0, 0.1) is 0 Å². The number of hydrogen-bond acceptors (Lipinski definition) is 4. The predicted molar refractivity (Wildman–Crippen MR) is 105 cm³/mol. The summed E-state index contributed by atoms with van der Waals surface area (Å²) in [6.07, 6.45) is 1.55. The van der Waals surface area contributed by atoms with Crippen LogP contribution in [0.25, 0.3) is 0 Å². The maximum absolute atomic E-state index is 12.5. The fourth-order valence-electron chi connectivity index (χ4n) is 2.39. The monoisotopic (exact) mass is 379 g/mol. The zero-order valence-electron chi connectivity index (χ0n) is 14.5. The second-order valence-corrected chi connectivity index (χ2v) is 6.88. The van der Waals surface area contributed by atoms with Crippen molar-refractivity contribution >= 4 is 34.1 Å². The van der Waals surface area contributed by atoms with Crippen LogP contribution < -0.4 is 10.0 Å². The topological polar surface area (TPSA) is 88.2 Å². The molecule has 2 N–H and O–H groups in total. The molecule has 0 saturated heterocycles. The van der Waals surface area contributed by atoms with Crippen LogP contribution in [-0.4, -0.2) is 20.9 Å². The molecule has 0 saturated carbocycles. The molecule has 7 heteroatoms. The van der Waals surface area contributed by atoms with E-state index in [0.717, 1.165) is 0 Å². The molecule has 1 atom stereocenters. The van der Waals surface area contributed by atoms with Gasteiger partial charge in [0.2, 0.25) is 0 Å². The van der Waals surface area contributed by atoms with Gasteiger partial charge in [-0.2, -0.15) is 0 Å². The summed E-state index contributed by atoms with van der Waals surface area (Å²) >= 11 is 0. The van der Waals surface area contributed by atoms with Crippen molar-refractivity contribution in [2.75, 3.05) is 10.0 Å². The number of aromatic nitrogens is 1. The van der Waals surface area contributed by atoms with E-state index in [0.29, 0.717) is 27.5 Å². The molecule has 3 rings (SSSR count). The van der Waals surface area contributed by atoms with Crippen LogP contribution in [0.15, 0.2) is 77.8 Å². The highest BCUT2D eigenvalue weighted by Gasteiger charge is 2.11. The van der Waals surface area contributed by atoms with E-state index in [1.807, 2.05) is 0 Å². The zero-order chi connectivity index (χ0) is 19.2. The van der Waals surface area contributed by atoms with Gasteiger partial charge in [0, 0.05) is 17.4 Å². The Morgan fingerprint density at radius 3 is 2.30 bits per heavy atom. The second kappa shape index (κ2) is 8.37. The number of carbonyl (C=O) groups is 2. The van der Waals surface area contributed by atoms with E-state index in [1.54, 1.807) is 72.9 Å². The van der Waals surface area contributed by atoms with Crippen LogP contribution in [0.2, 0.25) is 0 Å². The second-order valence-electron chi connectivity index (χ2n) is 5.67. The zero-order valence-corrected chi connectivity index (χ0v) is 15.3. The van der Waals surface area contributed by atoms with Gasteiger partial charge >= 0.3 is 0 Å². The minimum absolute atomic E-state index is 0.109. The summed E-state index contributed by atoms with van der Waals surface area (Å²) < 4.78 is 15.4. The number of hydrogen-bond donors (Lipinski definition) is 2. The van der Waals surface area contributed by atoms with Gasteiger partial charge in [-0.05, 0) is 55.5 Å². The minimum Gasteiger partial charge on any atom is -0.321 e. The first-order chi connectivity index (χ1) is 13.0. The van der Waals surface area contributed by atoms with Crippen molar-refractivity contribution in [3.05, 3.63) is 84.2 Å². The summed E-state index contributed by atoms with van der Waals surface area (Å²) in [7, 11) is -1.55. The van der Waals surface area contributed by atoms with Crippen LogP contribution in [0.1, 0.15) is 27.8 Å². The van der Waals surface area contributed by atoms with Gasteiger partial charge in [-0.15, -0.1) is 0 Å². The molecule has 27 heavy (non-hydrogen) atoms. The average Bonchev–Trinajstić information content (AvgIpc) is 2.69. The molecule has 1 heterocycles. The number of carbonyl (C=O) groups excluding carboxylic acids is 2. The summed E-state index contributed by atoms with van der Waals surface area (Å²) in [6.45, 7) is 1.46. The van der Waals surface area contributed by atoms with E-state index < -0.39 is 11.0 Å². The fraction of sp³-hybridized carbons (Fsp3) is 0.0500. The summed E-state index contributed by atoms with van der Waals surface area (Å²) in [5.74, 6) is -0.430. The minimum atomic E-state index is -1.55. The van der Waals surface area contributed by atoms with E-state index >= 15 is 0 Å². The molecule has 6 nitrogen and oxygen atoms in total. The maximum Gasteiger partial charge on any atom is 0.274 e. The Labute approximate surface area is 159 Å². The Kier molecular flexibility index (Phi) is 5.73. The molecule has 0 spiro atoms. The number of ketones is 1. The van der Waals surface area contributed by atoms with Crippen LogP contribution in [-0.2, 0) is 11.0 Å². The Balaban J connectivity index is 1.69. The number of nitrogens with zero attached hydrogens (tertiary/aromatic N) is 1.